The van der Waals surface area contributed by atoms with Crippen LogP contribution in [0.2, 0.25) is 0 Å². The molecular weight excluding hydrogens is 336 g/mol. The van der Waals surface area contributed by atoms with Crippen molar-refractivity contribution in [2.75, 3.05) is 5.32 Å². The van der Waals surface area contributed by atoms with Crippen LogP contribution >= 0.6 is 0 Å². The van der Waals surface area contributed by atoms with Crippen molar-refractivity contribution in [1.29, 1.82) is 0 Å². The number of carboxylic acid groups (broad SMARTS) is 1. The number of nitrogens with zero attached hydrogens (tertiary/aromatic N) is 1. The van der Waals surface area contributed by atoms with Gasteiger partial charge in [0.1, 0.15) is 5.82 Å². The van der Waals surface area contributed by atoms with Gasteiger partial charge in [-0.05, 0) is 67.2 Å². The van der Waals surface area contributed by atoms with Gasteiger partial charge in [0, 0.05) is 11.9 Å². The number of nitrogens with one attached hydrogen (secondary N) is 1. The predicted molar refractivity (Wildman–Crippen MR) is 110 cm³/mol. The van der Waals surface area contributed by atoms with E-state index in [0.29, 0.717) is 0 Å². The molecule has 0 radical (unpaired) electrons. The highest BCUT2D eigenvalue weighted by atomic mass is 16.4. The molecule has 140 valence electrons. The van der Waals surface area contributed by atoms with E-state index in [0.717, 1.165) is 47.5 Å². The minimum atomic E-state index is -0.829. The first kappa shape index (κ1) is 20.2. The van der Waals surface area contributed by atoms with Crippen LogP contribution in [0.15, 0.2) is 72.1 Å². The Hall–Kier alpha value is -3.10. The third-order valence-electron chi connectivity index (χ3n) is 4.19. The van der Waals surface area contributed by atoms with Gasteiger partial charge in [-0.15, -0.1) is 5.73 Å². The van der Waals surface area contributed by atoms with E-state index in [2.05, 4.69) is 41.7 Å². The highest BCUT2D eigenvalue weighted by Gasteiger charge is 2.03. The monoisotopic (exact) mass is 362 g/mol. The molecule has 0 saturated heterocycles. The number of hydrogen-bond donors (Lipinski definition) is 2. The minimum Gasteiger partial charge on any atom is -0.481 e. The molecular formula is C23H26N2O2. The van der Waals surface area contributed by atoms with Gasteiger partial charge in [-0.3, -0.25) is 4.79 Å². The molecule has 0 fully saturated rings. The second-order valence-electron chi connectivity index (χ2n) is 6.49. The summed E-state index contributed by atoms with van der Waals surface area (Å²) in [4.78, 5) is 15.2. The van der Waals surface area contributed by atoms with Crippen LogP contribution in [0.3, 0.4) is 0 Å². The van der Waals surface area contributed by atoms with E-state index >= 15 is 0 Å². The van der Waals surface area contributed by atoms with Crippen LogP contribution in [-0.2, 0) is 17.6 Å². The summed E-state index contributed by atoms with van der Waals surface area (Å²) in [5.41, 5.74) is 8.07. The zero-order valence-electron chi connectivity index (χ0n) is 16.0. The largest absolute Gasteiger partial charge is 0.481 e. The first-order chi connectivity index (χ1) is 13.0. The van der Waals surface area contributed by atoms with Crippen LogP contribution in [-0.4, -0.2) is 16.1 Å². The lowest BCUT2D eigenvalue weighted by Crippen LogP contribution is -1.97. The van der Waals surface area contributed by atoms with E-state index in [1.165, 1.54) is 5.56 Å². The molecule has 2 N–H and O–H groups in total. The molecule has 2 aromatic rings. The average Bonchev–Trinajstić information content (AvgIpc) is 2.65. The van der Waals surface area contributed by atoms with Gasteiger partial charge in [0.05, 0.1) is 6.42 Å². The number of pyridine rings is 1. The number of aryl methyl sites for hydroxylation is 2. The van der Waals surface area contributed by atoms with Crippen molar-refractivity contribution in [3.05, 3.63) is 83.3 Å². The lowest BCUT2D eigenvalue weighted by Gasteiger charge is -2.09. The van der Waals surface area contributed by atoms with Crippen LogP contribution in [0.25, 0.3) is 0 Å². The SMILES string of the molecule is C=C=C(C=C(C)CC(=O)O)CCc1ccnc(Nc2cccc(CC)c2)c1. The van der Waals surface area contributed by atoms with Crippen molar-refractivity contribution in [1.82, 2.24) is 4.98 Å². The lowest BCUT2D eigenvalue weighted by atomic mass is 10.0. The maximum Gasteiger partial charge on any atom is 0.307 e. The molecule has 0 saturated carbocycles. The first-order valence-electron chi connectivity index (χ1n) is 9.09. The lowest BCUT2D eigenvalue weighted by molar-refractivity contribution is -0.136. The zero-order chi connectivity index (χ0) is 19.6. The summed E-state index contributed by atoms with van der Waals surface area (Å²) in [6, 6.07) is 12.3. The number of carbonyl (C=O) groups is 1. The van der Waals surface area contributed by atoms with Gasteiger partial charge < -0.3 is 10.4 Å². The Morgan fingerprint density at radius 3 is 2.81 bits per heavy atom. The summed E-state index contributed by atoms with van der Waals surface area (Å²) in [5.74, 6) is -0.0216. The minimum absolute atomic E-state index is 0.0331. The third-order valence-corrected chi connectivity index (χ3v) is 4.19. The van der Waals surface area contributed by atoms with Crippen LogP contribution in [0, 0.1) is 0 Å². The molecule has 0 unspecified atom stereocenters. The van der Waals surface area contributed by atoms with Gasteiger partial charge >= 0.3 is 5.97 Å². The summed E-state index contributed by atoms with van der Waals surface area (Å²) in [6.07, 6.45) is 6.23. The van der Waals surface area contributed by atoms with Crippen molar-refractivity contribution in [2.24, 2.45) is 0 Å². The number of hydrogen-bond acceptors (Lipinski definition) is 3. The zero-order valence-corrected chi connectivity index (χ0v) is 16.0. The Labute approximate surface area is 161 Å². The topological polar surface area (TPSA) is 62.2 Å². The number of carboxylic acids is 1. The van der Waals surface area contributed by atoms with Gasteiger partial charge in [-0.1, -0.05) is 37.3 Å². The predicted octanol–water partition coefficient (Wildman–Crippen LogP) is 5.45. The van der Waals surface area contributed by atoms with Crippen molar-refractivity contribution in [2.45, 2.75) is 39.5 Å². The molecule has 2 rings (SSSR count). The smallest absolute Gasteiger partial charge is 0.307 e. The normalized spacial score (nSPS) is 11.0. The van der Waals surface area contributed by atoms with E-state index in [1.807, 2.05) is 37.3 Å². The Bertz CT molecular complexity index is 877. The van der Waals surface area contributed by atoms with Crippen LogP contribution < -0.4 is 5.32 Å². The van der Waals surface area contributed by atoms with Gasteiger partial charge in [0.15, 0.2) is 0 Å². The van der Waals surface area contributed by atoms with Crippen molar-refractivity contribution < 1.29 is 9.90 Å². The standard InChI is InChI=1S/C23H26N2O2/c1-4-18-7-6-8-21(15-18)25-22-16-20(11-12-24-22)10-9-19(5-2)13-17(3)14-23(26)27/h6-8,11-13,15-16H,2,4,9-10,14H2,1,3H3,(H,24,25)(H,26,27). The fourth-order valence-electron chi connectivity index (χ4n) is 2.79. The van der Waals surface area contributed by atoms with Crippen molar-refractivity contribution >= 4 is 17.5 Å². The second-order valence-corrected chi connectivity index (χ2v) is 6.49. The van der Waals surface area contributed by atoms with E-state index in [1.54, 1.807) is 6.20 Å². The Balaban J connectivity index is 2.02. The molecule has 0 bridgehead atoms. The number of anilines is 2. The molecule has 1 aromatic heterocycles. The number of rotatable bonds is 9. The maximum atomic E-state index is 10.8. The molecule has 0 amide bonds. The van der Waals surface area contributed by atoms with Gasteiger partial charge in [0.2, 0.25) is 0 Å². The van der Waals surface area contributed by atoms with Crippen molar-refractivity contribution in [3.63, 3.8) is 0 Å². The average molecular weight is 362 g/mol. The summed E-state index contributed by atoms with van der Waals surface area (Å²) in [7, 11) is 0. The van der Waals surface area contributed by atoms with Crippen molar-refractivity contribution in [3.8, 4) is 0 Å². The van der Waals surface area contributed by atoms with E-state index < -0.39 is 5.97 Å². The highest BCUT2D eigenvalue weighted by molar-refractivity contribution is 5.70. The number of allylic oxidation sites excluding steroid dienone is 2. The van der Waals surface area contributed by atoms with Crippen LogP contribution in [0.1, 0.15) is 37.8 Å². The quantitative estimate of drug-likeness (QED) is 0.460. The van der Waals surface area contributed by atoms with Gasteiger partial charge in [-0.2, -0.15) is 0 Å². The van der Waals surface area contributed by atoms with Crippen LogP contribution in [0.5, 0.6) is 0 Å². The Morgan fingerprint density at radius 1 is 1.30 bits per heavy atom. The number of aliphatic carboxylic acids is 1. The third kappa shape index (κ3) is 6.96. The highest BCUT2D eigenvalue weighted by Crippen LogP contribution is 2.19. The maximum absolute atomic E-state index is 10.8. The molecule has 0 atom stereocenters. The molecule has 1 aromatic carbocycles. The summed E-state index contributed by atoms with van der Waals surface area (Å²) >= 11 is 0. The van der Waals surface area contributed by atoms with E-state index in [9.17, 15) is 4.79 Å². The second kappa shape index (κ2) is 10.1. The summed E-state index contributed by atoms with van der Waals surface area (Å²) < 4.78 is 0. The van der Waals surface area contributed by atoms with Crippen LogP contribution in [0.4, 0.5) is 11.5 Å². The first-order valence-corrected chi connectivity index (χ1v) is 9.09. The molecule has 1 heterocycles. The summed E-state index contributed by atoms with van der Waals surface area (Å²) in [6.45, 7) is 7.66. The Morgan fingerprint density at radius 2 is 2.11 bits per heavy atom. The molecule has 0 aliphatic carbocycles. The van der Waals surface area contributed by atoms with Gasteiger partial charge in [-0.25, -0.2) is 4.98 Å². The molecule has 0 aliphatic rings. The fraction of sp³-hybridized carbons (Fsp3) is 0.261. The molecule has 0 aliphatic heterocycles. The molecule has 0 spiro atoms. The van der Waals surface area contributed by atoms with E-state index in [4.69, 9.17) is 5.11 Å². The fourth-order valence-corrected chi connectivity index (χ4v) is 2.79. The Kier molecular flexibility index (Phi) is 7.60. The molecule has 4 heteroatoms. The molecule has 27 heavy (non-hydrogen) atoms. The number of benzene rings is 1. The number of aromatic nitrogens is 1. The van der Waals surface area contributed by atoms with Gasteiger partial charge in [0.25, 0.3) is 0 Å². The summed E-state index contributed by atoms with van der Waals surface area (Å²) in [5, 5.41) is 12.2. The van der Waals surface area contributed by atoms with E-state index in [-0.39, 0.29) is 6.42 Å². The molecule has 4 nitrogen and oxygen atoms in total.